The van der Waals surface area contributed by atoms with E-state index < -0.39 is 22.3 Å². The summed E-state index contributed by atoms with van der Waals surface area (Å²) in [5, 5.41) is 24.5. The fourth-order valence-electron chi connectivity index (χ4n) is 5.65. The van der Waals surface area contributed by atoms with E-state index in [1.165, 1.54) is 154 Å². The fourth-order valence-corrected chi connectivity index (χ4v) is 5.97. The predicted octanol–water partition coefficient (Wildman–Crippen LogP) is -2.00. The van der Waals surface area contributed by atoms with Gasteiger partial charge in [-0.05, 0) is 19.3 Å². The van der Waals surface area contributed by atoms with Gasteiger partial charge in [-0.3, -0.25) is 4.18 Å². The first-order valence-corrected chi connectivity index (χ1v) is 23.7. The predicted molar refractivity (Wildman–Crippen MR) is 227 cm³/mol. The van der Waals surface area contributed by atoms with Crippen LogP contribution in [0.1, 0.15) is 220 Å². The summed E-state index contributed by atoms with van der Waals surface area (Å²) < 4.78 is 34.4. The number of hydrogen-bond acceptors (Lipinski definition) is 8. The second-order valence-corrected chi connectivity index (χ2v) is 16.9. The van der Waals surface area contributed by atoms with Crippen molar-refractivity contribution in [2.75, 3.05) is 47.4 Å². The third-order valence-electron chi connectivity index (χ3n) is 8.80. The van der Waals surface area contributed by atoms with E-state index in [-0.39, 0.29) is 160 Å². The molecule has 0 saturated carbocycles. The maximum atomic E-state index is 10.2. The van der Waals surface area contributed by atoms with Crippen LogP contribution >= 0.6 is 0 Å². The van der Waals surface area contributed by atoms with Crippen molar-refractivity contribution in [3.05, 3.63) is 12.2 Å². The van der Waals surface area contributed by atoms with Crippen LogP contribution < -0.4 is 150 Å². The molecule has 0 N–H and O–H groups in total. The molecule has 0 fully saturated rings. The zero-order valence-electron chi connectivity index (χ0n) is 41.0. The number of unbranched alkanes of at least 4 members (excludes halogenated alkanes) is 26. The molecule has 0 radical (unpaired) electrons. The Morgan fingerprint density at radius 2 is 0.831 bits per heavy atom. The number of carbonyl (C=O) groups is 2. The van der Waals surface area contributed by atoms with Crippen molar-refractivity contribution in [2.24, 2.45) is 0 Å². The molecule has 0 spiro atoms. The van der Waals surface area contributed by atoms with Crippen molar-refractivity contribution in [1.82, 2.24) is 0 Å². The van der Waals surface area contributed by atoms with Crippen LogP contribution in [0.2, 0.25) is 0 Å². The van der Waals surface area contributed by atoms with Crippen molar-refractivity contribution in [2.45, 2.75) is 220 Å². The van der Waals surface area contributed by atoms with E-state index >= 15 is 0 Å². The first-order chi connectivity index (χ1) is 26.2. The Balaban J connectivity index is -0.0000000987. The van der Waals surface area contributed by atoms with Gasteiger partial charge in [-0.15, -0.1) is 6.54 Å². The molecule has 0 aromatic rings. The Morgan fingerprint density at radius 1 is 0.525 bits per heavy atom. The van der Waals surface area contributed by atoms with Crippen molar-refractivity contribution in [1.29, 1.82) is 0 Å². The number of hydrogen-bond donors (Lipinski definition) is 0. The van der Waals surface area contributed by atoms with E-state index in [1.807, 2.05) is 0 Å². The van der Waals surface area contributed by atoms with Gasteiger partial charge in [-0.1, -0.05) is 194 Å². The Hall–Kier alpha value is 3.37. The molecular formula is C44H90KN2Na3O8S. The Morgan fingerprint density at radius 3 is 1.08 bits per heavy atom. The van der Waals surface area contributed by atoms with Crippen molar-refractivity contribution >= 4 is 22.3 Å². The topological polar surface area (TPSA) is 161 Å². The third-order valence-corrected chi connectivity index (χ3v) is 9.25. The summed E-state index contributed by atoms with van der Waals surface area (Å²) in [6.45, 7) is 12.6. The Labute approximate surface area is 476 Å². The van der Waals surface area contributed by atoms with Crippen LogP contribution in [-0.2, 0) is 24.2 Å². The van der Waals surface area contributed by atoms with E-state index in [4.69, 9.17) is 0 Å². The van der Waals surface area contributed by atoms with E-state index in [2.05, 4.69) is 37.2 Å². The normalized spacial score (nSPS) is 10.4. The molecule has 0 heterocycles. The van der Waals surface area contributed by atoms with Crippen LogP contribution in [0.25, 0.3) is 5.32 Å². The SMILES string of the molecule is CCCCCCCCCCCCCCCC(=O)[O-].CCCCCCCCOS(=O)(=O)[O-].C[N+](C)(C)CC(=O)[O-].[CH2-]CC[N-]CCCCCCCCCCCC.[K+].[Na+].[Na+].[Na+]. The summed E-state index contributed by atoms with van der Waals surface area (Å²) in [7, 11) is 0.933. The molecular weight excluding hydrogens is 825 g/mol. The molecule has 15 heteroatoms. The number of rotatable bonds is 37. The number of quaternary nitrogens is 1. The van der Waals surface area contributed by atoms with Crippen LogP contribution in [0, 0.1) is 6.92 Å². The molecule has 0 atom stereocenters. The molecule has 0 aromatic carbocycles. The van der Waals surface area contributed by atoms with Gasteiger partial charge >= 0.3 is 140 Å². The van der Waals surface area contributed by atoms with E-state index in [1.54, 1.807) is 21.1 Å². The maximum absolute atomic E-state index is 10.2. The number of likely N-dealkylation sites (N-methyl/N-ethyl adjacent to an activating group) is 1. The molecule has 0 bridgehead atoms. The molecule has 10 nitrogen and oxygen atoms in total. The van der Waals surface area contributed by atoms with Gasteiger partial charge < -0.3 is 41.1 Å². The van der Waals surface area contributed by atoms with E-state index in [0.29, 0.717) is 10.9 Å². The number of carboxylic acid groups (broad SMARTS) is 2. The van der Waals surface area contributed by atoms with Gasteiger partial charge in [0.1, 0.15) is 6.54 Å². The summed E-state index contributed by atoms with van der Waals surface area (Å²) in [6, 6.07) is 0. The van der Waals surface area contributed by atoms with E-state index in [9.17, 15) is 32.8 Å². The molecule has 0 unspecified atom stereocenters. The van der Waals surface area contributed by atoms with Crippen molar-refractivity contribution < 1.29 is 181 Å². The Bertz CT molecular complexity index is 877. The minimum Gasteiger partial charge on any atom is -0.726 e. The van der Waals surface area contributed by atoms with Gasteiger partial charge in [0.2, 0.25) is 10.4 Å². The van der Waals surface area contributed by atoms with Crippen LogP contribution in [0.4, 0.5) is 0 Å². The zero-order valence-corrected chi connectivity index (χ0v) is 51.0. The molecule has 0 saturated heterocycles. The summed E-state index contributed by atoms with van der Waals surface area (Å²) in [5.41, 5.74) is 0. The first-order valence-electron chi connectivity index (χ1n) is 22.4. The van der Waals surface area contributed by atoms with Gasteiger partial charge in [0.15, 0.2) is 0 Å². The molecule has 0 aliphatic rings. The van der Waals surface area contributed by atoms with E-state index in [0.717, 1.165) is 45.2 Å². The summed E-state index contributed by atoms with van der Waals surface area (Å²) in [4.78, 5) is 20.1. The smallest absolute Gasteiger partial charge is 0.726 e. The van der Waals surface area contributed by atoms with Gasteiger partial charge in [0.25, 0.3) is 0 Å². The second kappa shape index (κ2) is 65.6. The number of aliphatic carboxylic acids is 2. The molecule has 0 aromatic heterocycles. The quantitative estimate of drug-likeness (QED) is 0.0173. The van der Waals surface area contributed by atoms with Crippen LogP contribution in [-0.4, -0.2) is 76.8 Å². The second-order valence-electron chi connectivity index (χ2n) is 15.9. The molecule has 0 rings (SSSR count). The Kier molecular flexibility index (Phi) is 88.4. The number of carbonyl (C=O) groups excluding carboxylic acids is 2. The minimum atomic E-state index is -4.47. The van der Waals surface area contributed by atoms with Gasteiger partial charge in [-0.2, -0.15) is 6.54 Å². The summed E-state index contributed by atoms with van der Waals surface area (Å²) >= 11 is 0. The van der Waals surface area contributed by atoms with Gasteiger partial charge in [-0.25, -0.2) is 14.8 Å². The molecule has 59 heavy (non-hydrogen) atoms. The molecule has 0 aliphatic carbocycles. The molecule has 334 valence electrons. The van der Waals surface area contributed by atoms with Crippen molar-refractivity contribution in [3.63, 3.8) is 0 Å². The summed E-state index contributed by atoms with van der Waals surface area (Å²) in [5.74, 6) is -1.91. The van der Waals surface area contributed by atoms with Crippen molar-refractivity contribution in [3.8, 4) is 0 Å². The zero-order chi connectivity index (χ0) is 42.3. The average Bonchev–Trinajstić information content (AvgIpc) is 3.09. The largest absolute Gasteiger partial charge is 1.00 e. The van der Waals surface area contributed by atoms with Crippen LogP contribution in [0.15, 0.2) is 0 Å². The summed E-state index contributed by atoms with van der Waals surface area (Å²) in [6.07, 6.45) is 38.2. The minimum absolute atomic E-state index is 0. The molecule has 0 aliphatic heterocycles. The van der Waals surface area contributed by atoms with Crippen LogP contribution in [0.5, 0.6) is 0 Å². The molecule has 0 amide bonds. The van der Waals surface area contributed by atoms with Gasteiger partial charge in [0, 0.05) is 5.97 Å². The fraction of sp³-hybridized carbons (Fsp3) is 0.932. The number of carboxylic acids is 2. The maximum Gasteiger partial charge on any atom is 1.00 e. The number of nitrogens with zero attached hydrogens (tertiary/aromatic N) is 2. The first kappa shape index (κ1) is 79.5. The average molecular weight is 915 g/mol. The third kappa shape index (κ3) is 101. The van der Waals surface area contributed by atoms with Crippen LogP contribution in [0.3, 0.4) is 0 Å². The van der Waals surface area contributed by atoms with Gasteiger partial charge in [0.05, 0.1) is 33.7 Å². The monoisotopic (exact) mass is 915 g/mol. The standard InChI is InChI=1S/C16H32O2.C15H31N.C8H18O4S.C5H11NO2.K.3Na/c1-2-3-4-5-6-7-8-9-10-11-12-13-14-15-16(17)18;1-3-5-6-7-8-9-10-11-12-13-15-16-14-4-2;1-2-3-4-5-6-7-8-12-13(9,10)11;1-6(2,3)4-5(7)8;;;;/h2-15H2,1H3,(H,17,18);2-15H2,1H3;2-8H2,1H3,(H,9,10,11);4H2,1-3H3;;;;/q;-2;;;4*+1/p-2.